The van der Waals surface area contributed by atoms with Crippen molar-refractivity contribution in [2.45, 2.75) is 0 Å². The van der Waals surface area contributed by atoms with Gasteiger partial charge in [-0.05, 0) is 0 Å². The maximum Gasteiger partial charge on any atom is 0.325 e. The Bertz CT molecular complexity index is 1050. The van der Waals surface area contributed by atoms with Crippen LogP contribution in [0.4, 0.5) is 34.1 Å². The van der Waals surface area contributed by atoms with Gasteiger partial charge in [-0.25, -0.2) is 0 Å². The zero-order chi connectivity index (χ0) is 26.3. The molecular formula is C14H10N6O14. The van der Waals surface area contributed by atoms with E-state index in [1.54, 1.807) is 0 Å². The van der Waals surface area contributed by atoms with Gasteiger partial charge in [0.2, 0.25) is 0 Å². The molecule has 2 aromatic rings. The summed E-state index contributed by atoms with van der Waals surface area (Å²) in [6, 6.07) is 2.41. The van der Waals surface area contributed by atoms with Gasteiger partial charge in [0.15, 0.2) is 0 Å². The molecule has 0 amide bonds. The van der Waals surface area contributed by atoms with E-state index in [1.807, 2.05) is 0 Å². The van der Waals surface area contributed by atoms with Crippen LogP contribution < -0.4 is 9.47 Å². The molecule has 0 aromatic heterocycles. The highest BCUT2D eigenvalue weighted by Gasteiger charge is 2.32. The predicted molar refractivity (Wildman–Crippen MR) is 106 cm³/mol. The minimum atomic E-state index is -0.987. The second-order valence-electron chi connectivity index (χ2n) is 5.58. The van der Waals surface area contributed by atoms with Crippen LogP contribution in [0.15, 0.2) is 24.3 Å². The Morgan fingerprint density at radius 2 is 0.676 bits per heavy atom. The second-order valence-corrected chi connectivity index (χ2v) is 5.58. The van der Waals surface area contributed by atoms with E-state index in [2.05, 4.69) is 9.47 Å². The molecule has 0 aliphatic rings. The van der Waals surface area contributed by atoms with E-state index in [1.165, 1.54) is 0 Å². The highest BCUT2D eigenvalue weighted by Crippen LogP contribution is 2.41. The standard InChI is InChI=1S/2C7H5N3O7/c2*1-17-7-5(9(13)14)2-4(8(11)12)3-6(7)10(15)16/h2*2-3H,1H3. The maximum atomic E-state index is 10.6. The first-order chi connectivity index (χ1) is 15.8. The molecule has 0 fully saturated rings. The molecule has 0 atom stereocenters. The van der Waals surface area contributed by atoms with Crippen molar-refractivity contribution in [3.63, 3.8) is 0 Å². The van der Waals surface area contributed by atoms with Crippen molar-refractivity contribution in [1.82, 2.24) is 0 Å². The van der Waals surface area contributed by atoms with Crippen molar-refractivity contribution < 1.29 is 39.0 Å². The fraction of sp³-hybridized carbons (Fsp3) is 0.143. The van der Waals surface area contributed by atoms with Crippen molar-refractivity contribution in [2.24, 2.45) is 0 Å². The largest absolute Gasteiger partial charge is 0.485 e. The number of rotatable bonds is 8. The molecule has 0 unspecified atom stereocenters. The van der Waals surface area contributed by atoms with Gasteiger partial charge in [0.25, 0.3) is 22.9 Å². The summed E-state index contributed by atoms with van der Waals surface area (Å²) in [6.45, 7) is 0. The summed E-state index contributed by atoms with van der Waals surface area (Å²) in [6.07, 6.45) is 0. The van der Waals surface area contributed by atoms with E-state index in [0.717, 1.165) is 14.2 Å². The highest BCUT2D eigenvalue weighted by molar-refractivity contribution is 5.66. The van der Waals surface area contributed by atoms with Crippen LogP contribution in [0.1, 0.15) is 0 Å². The highest BCUT2D eigenvalue weighted by atomic mass is 16.7. The smallest absolute Gasteiger partial charge is 0.325 e. The molecule has 20 nitrogen and oxygen atoms in total. The lowest BCUT2D eigenvalue weighted by Gasteiger charge is -2.02. The fourth-order valence-corrected chi connectivity index (χ4v) is 2.34. The van der Waals surface area contributed by atoms with Gasteiger partial charge < -0.3 is 9.47 Å². The van der Waals surface area contributed by atoms with Gasteiger partial charge in [0.05, 0.1) is 68.0 Å². The van der Waals surface area contributed by atoms with Crippen molar-refractivity contribution in [3.05, 3.63) is 85.0 Å². The number of benzene rings is 2. The Morgan fingerprint density at radius 1 is 0.471 bits per heavy atom. The summed E-state index contributed by atoms with van der Waals surface area (Å²) in [5.74, 6) is -1.24. The van der Waals surface area contributed by atoms with Crippen LogP contribution in [0.3, 0.4) is 0 Å². The first-order valence-electron chi connectivity index (χ1n) is 8.07. The van der Waals surface area contributed by atoms with Crippen LogP contribution in [0.2, 0.25) is 0 Å². The number of nitrogens with zero attached hydrogens (tertiary/aromatic N) is 6. The summed E-state index contributed by atoms with van der Waals surface area (Å²) in [5, 5.41) is 63.4. The molecule has 0 aliphatic carbocycles. The van der Waals surface area contributed by atoms with Gasteiger partial charge in [-0.2, -0.15) is 0 Å². The molecule has 0 aliphatic heterocycles. The van der Waals surface area contributed by atoms with Crippen molar-refractivity contribution in [3.8, 4) is 11.5 Å². The Kier molecular flexibility index (Phi) is 8.29. The Balaban J connectivity index is 0.000000340. The van der Waals surface area contributed by atoms with E-state index in [4.69, 9.17) is 0 Å². The topological polar surface area (TPSA) is 277 Å². The van der Waals surface area contributed by atoms with E-state index < -0.39 is 75.2 Å². The van der Waals surface area contributed by atoms with E-state index in [0.29, 0.717) is 24.3 Å². The molecule has 0 spiro atoms. The normalized spacial score (nSPS) is 9.71. The Hall–Kier alpha value is -5.56. The average molecular weight is 486 g/mol. The number of methoxy groups -OCH3 is 2. The Labute approximate surface area is 184 Å². The quantitative estimate of drug-likeness (QED) is 0.383. The Morgan fingerprint density at radius 3 is 0.794 bits per heavy atom. The van der Waals surface area contributed by atoms with E-state index in [9.17, 15) is 60.7 Å². The average Bonchev–Trinajstić information content (AvgIpc) is 2.76. The number of nitro benzene ring substituents is 6. The van der Waals surface area contributed by atoms with Gasteiger partial charge in [0.1, 0.15) is 0 Å². The van der Waals surface area contributed by atoms with Crippen molar-refractivity contribution >= 4 is 34.1 Å². The molecule has 20 heteroatoms. The van der Waals surface area contributed by atoms with Crippen LogP contribution in [0.5, 0.6) is 11.5 Å². The van der Waals surface area contributed by atoms with Crippen LogP contribution in [-0.2, 0) is 0 Å². The molecule has 0 bridgehead atoms. The maximum absolute atomic E-state index is 10.6. The fourth-order valence-electron chi connectivity index (χ4n) is 2.34. The van der Waals surface area contributed by atoms with Gasteiger partial charge in [-0.3, -0.25) is 60.7 Å². The molecule has 34 heavy (non-hydrogen) atoms. The number of hydrogen-bond acceptors (Lipinski definition) is 14. The van der Waals surface area contributed by atoms with Crippen molar-refractivity contribution in [1.29, 1.82) is 0 Å². The molecule has 0 saturated heterocycles. The molecule has 2 aromatic carbocycles. The molecule has 180 valence electrons. The minimum Gasteiger partial charge on any atom is -0.485 e. The number of hydrogen-bond donors (Lipinski definition) is 0. The van der Waals surface area contributed by atoms with Crippen LogP contribution in [-0.4, -0.2) is 43.8 Å². The van der Waals surface area contributed by atoms with Gasteiger partial charge in [-0.15, -0.1) is 0 Å². The van der Waals surface area contributed by atoms with E-state index >= 15 is 0 Å². The first-order valence-corrected chi connectivity index (χ1v) is 8.07. The summed E-state index contributed by atoms with van der Waals surface area (Å²) in [5.41, 5.74) is -4.79. The summed E-state index contributed by atoms with van der Waals surface area (Å²) in [4.78, 5) is 57.5. The van der Waals surface area contributed by atoms with Gasteiger partial charge >= 0.3 is 22.7 Å². The van der Waals surface area contributed by atoms with Crippen LogP contribution in [0.25, 0.3) is 0 Å². The number of ether oxygens (including phenoxy) is 2. The summed E-state index contributed by atoms with van der Waals surface area (Å²) < 4.78 is 9.06. The molecule has 2 rings (SSSR count). The lowest BCUT2D eigenvalue weighted by Crippen LogP contribution is -2.01. The van der Waals surface area contributed by atoms with Crippen LogP contribution >= 0.6 is 0 Å². The summed E-state index contributed by atoms with van der Waals surface area (Å²) in [7, 11) is 2.00. The molecule has 0 heterocycles. The third-order valence-corrected chi connectivity index (χ3v) is 3.69. The van der Waals surface area contributed by atoms with Crippen molar-refractivity contribution in [2.75, 3.05) is 14.2 Å². The summed E-state index contributed by atoms with van der Waals surface area (Å²) >= 11 is 0. The van der Waals surface area contributed by atoms with Gasteiger partial charge in [-0.1, -0.05) is 0 Å². The lowest BCUT2D eigenvalue weighted by molar-refractivity contribution is -0.404. The third-order valence-electron chi connectivity index (χ3n) is 3.69. The van der Waals surface area contributed by atoms with Crippen LogP contribution in [0, 0.1) is 60.7 Å². The molecule has 0 N–H and O–H groups in total. The first kappa shape index (κ1) is 26.5. The van der Waals surface area contributed by atoms with Gasteiger partial charge in [0, 0.05) is 0 Å². The monoisotopic (exact) mass is 486 g/mol. The molecule has 0 radical (unpaired) electrons. The SMILES string of the molecule is COc1c([N+](=O)[O-])cc([N+](=O)[O-])cc1[N+](=O)[O-].COc1c([N+](=O)[O-])cc([N+](=O)[O-])cc1[N+](=O)[O-]. The third kappa shape index (κ3) is 5.77. The zero-order valence-corrected chi connectivity index (χ0v) is 16.7. The molecule has 0 saturated carbocycles. The van der Waals surface area contributed by atoms with E-state index in [-0.39, 0.29) is 0 Å². The second kappa shape index (κ2) is 10.7. The molecular weight excluding hydrogens is 476 g/mol. The number of nitro groups is 6. The number of non-ortho nitro benzene ring substituents is 2. The zero-order valence-electron chi connectivity index (χ0n) is 16.7. The minimum absolute atomic E-state index is 0.603. The lowest BCUT2D eigenvalue weighted by atomic mass is 10.2. The predicted octanol–water partition coefficient (Wildman–Crippen LogP) is 2.84.